The van der Waals surface area contributed by atoms with Crippen molar-refractivity contribution in [3.63, 3.8) is 0 Å². The van der Waals surface area contributed by atoms with Gasteiger partial charge in [-0.15, -0.1) is 0 Å². The zero-order valence-electron chi connectivity index (χ0n) is 27.7. The fourth-order valence-electron chi connectivity index (χ4n) is 6.36. The highest BCUT2D eigenvalue weighted by Crippen LogP contribution is 2.22. The highest BCUT2D eigenvalue weighted by molar-refractivity contribution is 7.92. The molecular formula is C33H40N10O5S2. The van der Waals surface area contributed by atoms with E-state index >= 15 is 0 Å². The predicted molar refractivity (Wildman–Crippen MR) is 194 cm³/mol. The molecule has 15 nitrogen and oxygen atoms in total. The number of H-pyrrole nitrogens is 1. The number of nitrogens with zero attached hydrogens (tertiary/aromatic N) is 7. The first kappa shape index (κ1) is 34.2. The lowest BCUT2D eigenvalue weighted by Gasteiger charge is -2.37. The second kappa shape index (κ2) is 15.3. The van der Waals surface area contributed by atoms with E-state index in [0.717, 1.165) is 66.7 Å². The number of hydrogen-bond donors (Lipinski definition) is 3. The van der Waals surface area contributed by atoms with E-state index in [4.69, 9.17) is 31.4 Å². The summed E-state index contributed by atoms with van der Waals surface area (Å²) < 4.78 is 45.5. The van der Waals surface area contributed by atoms with Crippen molar-refractivity contribution in [2.75, 3.05) is 87.7 Å². The number of anilines is 3. The molecule has 4 aromatic rings. The summed E-state index contributed by atoms with van der Waals surface area (Å²) in [7, 11) is -2.13. The Labute approximate surface area is 295 Å². The minimum absolute atomic E-state index is 0.00852. The lowest BCUT2D eigenvalue weighted by atomic mass is 10.1. The number of hydrogen-bond acceptors (Lipinski definition) is 12. The van der Waals surface area contributed by atoms with Crippen LogP contribution in [0.15, 0.2) is 53.9 Å². The molecule has 2 aliphatic heterocycles. The van der Waals surface area contributed by atoms with E-state index in [1.165, 1.54) is 24.5 Å². The zero-order chi connectivity index (χ0) is 34.5. The molecule has 50 heavy (non-hydrogen) atoms. The standard InChI is InChI=1S/C33H40N10O5S2/c1-46-27-21-26-25(20-28(27)48-17-3-10-41-15-18-47-19-16-41)29-30(39-26)36-22-37-31(29)42-11-13-43(14-12-42)33(49)38-23-4-6-24(7-5-23)50(44,45)40-32-34-8-2-9-35-32/h2,4-9,20-22,27-28H,3,10-19H2,1H3,(H,38,49)(H,34,35,40)(H,36,37,39). The molecule has 2 saturated heterocycles. The maximum absolute atomic E-state index is 12.7. The molecule has 2 fully saturated rings. The number of fused-ring (bicyclic) bond motifs is 3. The molecule has 0 spiro atoms. The number of morpholine rings is 1. The van der Waals surface area contributed by atoms with Gasteiger partial charge in [-0.05, 0) is 61.1 Å². The molecule has 5 heterocycles. The monoisotopic (exact) mass is 720 g/mol. The lowest BCUT2D eigenvalue weighted by Crippen LogP contribution is -2.50. The molecular weight excluding hydrogens is 681 g/mol. The molecule has 0 saturated carbocycles. The molecule has 0 amide bonds. The van der Waals surface area contributed by atoms with E-state index in [1.54, 1.807) is 31.6 Å². The number of ether oxygens (including phenoxy) is 3. The Morgan fingerprint density at radius 1 is 1.00 bits per heavy atom. The molecule has 2 atom stereocenters. The van der Waals surface area contributed by atoms with E-state index in [1.807, 2.05) is 0 Å². The van der Waals surface area contributed by atoms with Gasteiger partial charge >= 0.3 is 0 Å². The zero-order valence-corrected chi connectivity index (χ0v) is 29.3. The molecule has 3 aromatic heterocycles. The predicted octanol–water partition coefficient (Wildman–Crippen LogP) is 0.765. The summed E-state index contributed by atoms with van der Waals surface area (Å²) in [6.07, 6.45) is 9.24. The number of thiocarbonyl (C=S) groups is 1. The molecule has 1 aliphatic carbocycles. The van der Waals surface area contributed by atoms with Gasteiger partial charge in [-0.25, -0.2) is 33.1 Å². The smallest absolute Gasteiger partial charge is 0.264 e. The minimum atomic E-state index is -3.83. The molecule has 264 valence electrons. The fraction of sp³-hybridized carbons (Fsp3) is 0.424. The van der Waals surface area contributed by atoms with E-state index in [2.05, 4.69) is 56.8 Å². The van der Waals surface area contributed by atoms with Gasteiger partial charge < -0.3 is 34.3 Å². The summed E-state index contributed by atoms with van der Waals surface area (Å²) >= 11 is 5.74. The Kier molecular flexibility index (Phi) is 10.5. The number of sulfonamides is 1. The maximum Gasteiger partial charge on any atom is 0.264 e. The average molecular weight is 721 g/mol. The Bertz CT molecular complexity index is 2020. The number of methoxy groups -OCH3 is 1. The van der Waals surface area contributed by atoms with Crippen LogP contribution in [0.5, 0.6) is 0 Å². The van der Waals surface area contributed by atoms with E-state index in [0.29, 0.717) is 43.6 Å². The van der Waals surface area contributed by atoms with Crippen LogP contribution in [-0.2, 0) is 24.2 Å². The summed E-state index contributed by atoms with van der Waals surface area (Å²) in [4.78, 5) is 27.5. The molecule has 3 aliphatic rings. The Morgan fingerprint density at radius 3 is 2.50 bits per heavy atom. The number of nitrogens with one attached hydrogen (secondary N) is 3. The summed E-state index contributed by atoms with van der Waals surface area (Å²) in [5.74, 6) is 0.873. The van der Waals surface area contributed by atoms with Gasteiger partial charge in [0.15, 0.2) is 5.11 Å². The van der Waals surface area contributed by atoms with Crippen LogP contribution in [0.25, 0.3) is 23.2 Å². The van der Waals surface area contributed by atoms with Gasteiger partial charge in [-0.2, -0.15) is 0 Å². The van der Waals surface area contributed by atoms with Crippen molar-refractivity contribution in [2.24, 2.45) is 0 Å². The summed E-state index contributed by atoms with van der Waals surface area (Å²) in [6.45, 7) is 7.88. The van der Waals surface area contributed by atoms with Crippen LogP contribution >= 0.6 is 12.2 Å². The van der Waals surface area contributed by atoms with Crippen molar-refractivity contribution in [3.8, 4) is 0 Å². The van der Waals surface area contributed by atoms with Crippen molar-refractivity contribution in [1.29, 1.82) is 0 Å². The number of aromatic amines is 1. The number of rotatable bonds is 11. The first-order valence-electron chi connectivity index (χ1n) is 16.6. The fourth-order valence-corrected chi connectivity index (χ4v) is 7.62. The van der Waals surface area contributed by atoms with Crippen LogP contribution in [0.4, 0.5) is 17.5 Å². The van der Waals surface area contributed by atoms with Crippen molar-refractivity contribution >= 4 is 68.0 Å². The van der Waals surface area contributed by atoms with Crippen molar-refractivity contribution in [3.05, 3.63) is 59.6 Å². The Hall–Kier alpha value is -4.26. The normalized spacial score (nSPS) is 19.8. The van der Waals surface area contributed by atoms with Crippen molar-refractivity contribution < 1.29 is 22.6 Å². The second-order valence-corrected chi connectivity index (χ2v) is 14.2. The van der Waals surface area contributed by atoms with Crippen LogP contribution in [0, 0.1) is 0 Å². The van der Waals surface area contributed by atoms with Gasteiger partial charge in [0.1, 0.15) is 30.0 Å². The molecule has 7 rings (SSSR count). The molecule has 17 heteroatoms. The van der Waals surface area contributed by atoms with Crippen LogP contribution in [0.1, 0.15) is 6.42 Å². The van der Waals surface area contributed by atoms with Crippen LogP contribution in [-0.4, -0.2) is 133 Å². The molecule has 3 N–H and O–H groups in total. The summed E-state index contributed by atoms with van der Waals surface area (Å²) in [5.41, 5.74) is 1.45. The first-order chi connectivity index (χ1) is 24.4. The van der Waals surface area contributed by atoms with Crippen LogP contribution in [0.3, 0.4) is 0 Å². The van der Waals surface area contributed by atoms with Crippen LogP contribution < -0.4 is 25.5 Å². The first-order valence-corrected chi connectivity index (χ1v) is 18.5. The average Bonchev–Trinajstić information content (AvgIpc) is 3.51. The second-order valence-electron chi connectivity index (χ2n) is 12.2. The lowest BCUT2D eigenvalue weighted by molar-refractivity contribution is -0.00390. The number of piperazine rings is 1. The largest absolute Gasteiger partial charge is 0.379 e. The molecule has 0 bridgehead atoms. The molecule has 1 aromatic carbocycles. The van der Waals surface area contributed by atoms with Crippen LogP contribution in [0.2, 0.25) is 0 Å². The van der Waals surface area contributed by atoms with Crippen molar-refractivity contribution in [2.45, 2.75) is 23.5 Å². The van der Waals surface area contributed by atoms with Gasteiger partial charge in [0.2, 0.25) is 5.95 Å². The number of benzene rings is 1. The van der Waals surface area contributed by atoms with Gasteiger partial charge in [-0.1, -0.05) is 0 Å². The highest BCUT2D eigenvalue weighted by Gasteiger charge is 2.27. The highest BCUT2D eigenvalue weighted by atomic mass is 32.2. The third-order valence-electron chi connectivity index (χ3n) is 9.00. The van der Waals surface area contributed by atoms with Gasteiger partial charge in [-0.3, -0.25) is 4.90 Å². The minimum Gasteiger partial charge on any atom is -0.379 e. The summed E-state index contributed by atoms with van der Waals surface area (Å²) in [6, 6.07) is 7.99. The third-order valence-corrected chi connectivity index (χ3v) is 10.7. The van der Waals surface area contributed by atoms with E-state index in [-0.39, 0.29) is 23.1 Å². The van der Waals surface area contributed by atoms with E-state index < -0.39 is 10.0 Å². The van der Waals surface area contributed by atoms with Gasteiger partial charge in [0.25, 0.3) is 10.0 Å². The molecule has 0 radical (unpaired) electrons. The van der Waals surface area contributed by atoms with Gasteiger partial charge in [0.05, 0.1) is 23.5 Å². The van der Waals surface area contributed by atoms with Gasteiger partial charge in [0, 0.05) is 88.2 Å². The third kappa shape index (κ3) is 7.72. The van der Waals surface area contributed by atoms with Crippen molar-refractivity contribution in [1.82, 2.24) is 34.7 Å². The maximum atomic E-state index is 12.7. The molecule has 2 unspecified atom stereocenters. The Morgan fingerprint density at radius 2 is 1.76 bits per heavy atom. The van der Waals surface area contributed by atoms with E-state index in [9.17, 15) is 8.42 Å². The Balaban J connectivity index is 0.984. The quantitative estimate of drug-likeness (QED) is 0.147. The topological polar surface area (TPSA) is 163 Å². The number of aromatic nitrogens is 5. The summed E-state index contributed by atoms with van der Waals surface area (Å²) in [5, 5.41) is 6.74. The SMILES string of the molecule is COC1C=c2[nH]c3ncnc(N4CCN(C(=S)Nc5ccc(S(=O)(=O)Nc6ncccn6)cc5)CC4)c3c2=CC1OCCCN1CCOCC1.